The highest BCUT2D eigenvalue weighted by molar-refractivity contribution is 8.26. The summed E-state index contributed by atoms with van der Waals surface area (Å²) < 4.78 is 2.44. The first kappa shape index (κ1) is 22.5. The number of thiophene rings is 1. The molecule has 1 aliphatic rings. The van der Waals surface area contributed by atoms with E-state index in [1.165, 1.54) is 11.8 Å². The molecule has 1 saturated heterocycles. The Morgan fingerprint density at radius 1 is 1.15 bits per heavy atom. The van der Waals surface area contributed by atoms with Crippen LogP contribution in [0.2, 0.25) is 0 Å². The Balaban J connectivity index is 1.37. The molecular weight excluding hydrogens is 485 g/mol. The van der Waals surface area contributed by atoms with Crippen LogP contribution in [-0.2, 0) is 29.2 Å². The third-order valence-corrected chi connectivity index (χ3v) is 7.65. The summed E-state index contributed by atoms with van der Waals surface area (Å²) in [6, 6.07) is 15.6. The smallest absolute Gasteiger partial charge is 0.266 e. The van der Waals surface area contributed by atoms with Gasteiger partial charge in [0.05, 0.1) is 18.0 Å². The van der Waals surface area contributed by atoms with Gasteiger partial charge >= 0.3 is 0 Å². The zero-order chi connectivity index (χ0) is 23.5. The monoisotopic (exact) mass is 504 g/mol. The first-order valence-corrected chi connectivity index (χ1v) is 12.7. The van der Waals surface area contributed by atoms with Crippen molar-refractivity contribution in [1.82, 2.24) is 19.8 Å². The number of carbonyl (C=O) groups is 2. The summed E-state index contributed by atoms with van der Waals surface area (Å²) in [4.78, 5) is 33.1. The van der Waals surface area contributed by atoms with Crippen LogP contribution >= 0.6 is 35.3 Å². The first-order valence-electron chi connectivity index (χ1n) is 10.6. The lowest BCUT2D eigenvalue weighted by Crippen LogP contribution is -2.27. The number of hydrogen-bond acceptors (Lipinski definition) is 6. The summed E-state index contributed by atoms with van der Waals surface area (Å²) in [5, 5.41) is 5.94. The topological polar surface area (TPSA) is 67.2 Å². The number of carbonyl (C=O) groups excluding carboxylic acids is 2. The van der Waals surface area contributed by atoms with Crippen LogP contribution in [0.3, 0.4) is 0 Å². The lowest BCUT2D eigenvalue weighted by molar-refractivity contribution is -0.123. The van der Waals surface area contributed by atoms with Gasteiger partial charge in [-0.1, -0.05) is 54.3 Å². The number of amides is 2. The summed E-state index contributed by atoms with van der Waals surface area (Å²) in [5.74, 6) is -0.187. The van der Waals surface area contributed by atoms with Crippen molar-refractivity contribution in [3.8, 4) is 0 Å². The van der Waals surface area contributed by atoms with Crippen molar-refractivity contribution in [3.63, 3.8) is 0 Å². The Hall–Kier alpha value is -3.27. The molecule has 1 N–H and O–H groups in total. The number of pyridine rings is 1. The van der Waals surface area contributed by atoms with Crippen LogP contribution in [0, 0.1) is 0 Å². The van der Waals surface area contributed by atoms with Crippen molar-refractivity contribution >= 4 is 68.4 Å². The molecule has 1 aliphatic heterocycles. The summed E-state index contributed by atoms with van der Waals surface area (Å²) in [7, 11) is 0. The summed E-state index contributed by atoms with van der Waals surface area (Å²) >= 11 is 8.39. The molecule has 1 fully saturated rings. The lowest BCUT2D eigenvalue weighted by Gasteiger charge is -2.13. The van der Waals surface area contributed by atoms with Gasteiger partial charge in [0.25, 0.3) is 5.91 Å². The minimum atomic E-state index is -0.121. The van der Waals surface area contributed by atoms with Crippen molar-refractivity contribution in [2.24, 2.45) is 0 Å². The highest BCUT2D eigenvalue weighted by atomic mass is 32.2. The SMILES string of the molecule is O=C(Cn1cc(/C=C2\SC(=S)N(Cc3cccnc3)C2=O)c2ccccc21)NCc1cccs1. The van der Waals surface area contributed by atoms with Crippen LogP contribution in [0.1, 0.15) is 16.0 Å². The van der Waals surface area contributed by atoms with E-state index in [2.05, 4.69) is 10.3 Å². The molecule has 0 saturated carbocycles. The van der Waals surface area contributed by atoms with Gasteiger partial charge in [0.2, 0.25) is 5.91 Å². The highest BCUT2D eigenvalue weighted by Gasteiger charge is 2.32. The predicted molar refractivity (Wildman–Crippen MR) is 141 cm³/mol. The number of fused-ring (bicyclic) bond motifs is 1. The molecule has 170 valence electrons. The quantitative estimate of drug-likeness (QED) is 0.289. The van der Waals surface area contributed by atoms with Crippen LogP contribution < -0.4 is 5.32 Å². The summed E-state index contributed by atoms with van der Waals surface area (Å²) in [6.07, 6.45) is 7.22. The Labute approximate surface area is 210 Å². The van der Waals surface area contributed by atoms with Gasteiger partial charge in [-0.05, 0) is 35.2 Å². The fraction of sp³-hybridized carbons (Fsp3) is 0.120. The standard InChI is InChI=1S/C25H20N4O2S3/c30-23(27-13-19-6-4-10-33-19)16-28-15-18(20-7-1-2-8-21(20)28)11-22-24(31)29(25(32)34-22)14-17-5-3-9-26-12-17/h1-12,15H,13-14,16H2,(H,27,30)/b22-11-. The molecule has 0 atom stereocenters. The van der Waals surface area contributed by atoms with Crippen LogP contribution in [0.15, 0.2) is 77.4 Å². The number of rotatable bonds is 7. The maximum Gasteiger partial charge on any atom is 0.266 e. The molecule has 4 heterocycles. The molecule has 0 aliphatic carbocycles. The van der Waals surface area contributed by atoms with Crippen LogP contribution in [-0.4, -0.2) is 30.6 Å². The fourth-order valence-electron chi connectivity index (χ4n) is 3.78. The minimum absolute atomic E-state index is 0.0662. The molecule has 0 spiro atoms. The van der Waals surface area contributed by atoms with Gasteiger partial charge in [0.1, 0.15) is 10.9 Å². The third kappa shape index (κ3) is 4.82. The molecule has 0 radical (unpaired) electrons. The van der Waals surface area contributed by atoms with Gasteiger partial charge in [-0.3, -0.25) is 19.5 Å². The molecule has 3 aromatic heterocycles. The number of nitrogens with one attached hydrogen (secondary N) is 1. The Bertz CT molecular complexity index is 1390. The average Bonchev–Trinajstić information content (AvgIpc) is 3.55. The van der Waals surface area contributed by atoms with Gasteiger partial charge in [0, 0.05) is 39.9 Å². The van der Waals surface area contributed by atoms with E-state index in [0.717, 1.165) is 26.9 Å². The molecule has 6 nitrogen and oxygen atoms in total. The Morgan fingerprint density at radius 2 is 2.03 bits per heavy atom. The number of hydrogen-bond donors (Lipinski definition) is 1. The zero-order valence-corrected chi connectivity index (χ0v) is 20.5. The second-order valence-corrected chi connectivity index (χ2v) is 10.4. The fourth-order valence-corrected chi connectivity index (χ4v) is 5.67. The van der Waals surface area contributed by atoms with E-state index in [-0.39, 0.29) is 18.4 Å². The number of thioether (sulfide) groups is 1. The maximum absolute atomic E-state index is 13.1. The number of aromatic nitrogens is 2. The van der Waals surface area contributed by atoms with Crippen LogP contribution in [0.5, 0.6) is 0 Å². The van der Waals surface area contributed by atoms with E-state index in [1.807, 2.05) is 70.8 Å². The molecule has 2 amide bonds. The predicted octanol–water partition coefficient (Wildman–Crippen LogP) is 4.82. The average molecular weight is 505 g/mol. The van der Waals surface area contributed by atoms with E-state index >= 15 is 0 Å². The van der Waals surface area contributed by atoms with Crippen LogP contribution in [0.25, 0.3) is 17.0 Å². The molecule has 0 unspecified atom stereocenters. The largest absolute Gasteiger partial charge is 0.350 e. The second-order valence-electron chi connectivity index (χ2n) is 7.71. The van der Waals surface area contributed by atoms with Gasteiger partial charge < -0.3 is 9.88 Å². The molecule has 9 heteroatoms. The maximum atomic E-state index is 13.1. The number of benzene rings is 1. The molecule has 5 rings (SSSR count). The van der Waals surface area contributed by atoms with Crippen molar-refractivity contribution in [1.29, 1.82) is 0 Å². The van der Waals surface area contributed by atoms with Gasteiger partial charge in [-0.15, -0.1) is 11.3 Å². The van der Waals surface area contributed by atoms with Gasteiger partial charge in [0.15, 0.2) is 0 Å². The van der Waals surface area contributed by atoms with E-state index in [0.29, 0.717) is 22.3 Å². The number of para-hydroxylation sites is 1. The Kier molecular flexibility index (Phi) is 6.57. The van der Waals surface area contributed by atoms with E-state index in [9.17, 15) is 9.59 Å². The molecule has 34 heavy (non-hydrogen) atoms. The van der Waals surface area contributed by atoms with Gasteiger partial charge in [-0.2, -0.15) is 0 Å². The first-order chi connectivity index (χ1) is 16.6. The van der Waals surface area contributed by atoms with Crippen molar-refractivity contribution in [2.75, 3.05) is 0 Å². The van der Waals surface area contributed by atoms with E-state index in [4.69, 9.17) is 12.2 Å². The molecule has 0 bridgehead atoms. The second kappa shape index (κ2) is 9.92. The third-order valence-electron chi connectivity index (χ3n) is 5.40. The lowest BCUT2D eigenvalue weighted by atomic mass is 10.1. The normalized spacial score (nSPS) is 14.9. The molecule has 4 aromatic rings. The van der Waals surface area contributed by atoms with E-state index in [1.54, 1.807) is 28.6 Å². The van der Waals surface area contributed by atoms with E-state index < -0.39 is 0 Å². The van der Waals surface area contributed by atoms with Gasteiger partial charge in [-0.25, -0.2) is 0 Å². The molecular formula is C25H20N4O2S3. The summed E-state index contributed by atoms with van der Waals surface area (Å²) in [5.41, 5.74) is 2.74. The number of nitrogens with zero attached hydrogens (tertiary/aromatic N) is 3. The molecule has 1 aromatic carbocycles. The summed E-state index contributed by atoms with van der Waals surface area (Å²) in [6.45, 7) is 1.10. The Morgan fingerprint density at radius 3 is 2.82 bits per heavy atom. The minimum Gasteiger partial charge on any atom is -0.350 e. The van der Waals surface area contributed by atoms with Crippen molar-refractivity contribution in [3.05, 3.63) is 93.4 Å². The van der Waals surface area contributed by atoms with Crippen molar-refractivity contribution in [2.45, 2.75) is 19.6 Å². The number of thiocarbonyl (C=S) groups is 1. The zero-order valence-electron chi connectivity index (χ0n) is 18.0. The van der Waals surface area contributed by atoms with Crippen molar-refractivity contribution < 1.29 is 9.59 Å². The van der Waals surface area contributed by atoms with Crippen LogP contribution in [0.4, 0.5) is 0 Å². The highest BCUT2D eigenvalue weighted by Crippen LogP contribution is 2.35.